The zero-order valence-electron chi connectivity index (χ0n) is 12.8. The number of ether oxygens (including phenoxy) is 2. The monoisotopic (exact) mass is 334 g/mol. The van der Waals surface area contributed by atoms with Crippen molar-refractivity contribution in [1.29, 1.82) is 0 Å². The Morgan fingerprint density at radius 3 is 2.52 bits per heavy atom. The van der Waals surface area contributed by atoms with E-state index in [-0.39, 0.29) is 5.88 Å². The van der Waals surface area contributed by atoms with E-state index in [9.17, 15) is 5.11 Å². The molecule has 0 amide bonds. The Morgan fingerprint density at radius 1 is 1.13 bits per heavy atom. The summed E-state index contributed by atoms with van der Waals surface area (Å²) in [5.74, 6) is 1.65. The maximum Gasteiger partial charge on any atom is 0.221 e. The summed E-state index contributed by atoms with van der Waals surface area (Å²) >= 11 is 6.38. The number of pyridine rings is 1. The number of fused-ring (bicyclic) bond motifs is 1. The van der Waals surface area contributed by atoms with Crippen LogP contribution in [0, 0.1) is 6.92 Å². The first-order chi connectivity index (χ1) is 11.0. The topological polar surface area (TPSA) is 92.3 Å². The van der Waals surface area contributed by atoms with E-state index in [0.29, 0.717) is 38.9 Å². The quantitative estimate of drug-likeness (QED) is 0.677. The van der Waals surface area contributed by atoms with E-state index in [1.807, 2.05) is 13.0 Å². The molecule has 3 rings (SSSR count). The molecule has 2 aromatic heterocycles. The summed E-state index contributed by atoms with van der Waals surface area (Å²) in [5, 5.41) is 21.5. The Kier molecular flexibility index (Phi) is 3.87. The Hall–Kier alpha value is -2.67. The van der Waals surface area contributed by atoms with Crippen molar-refractivity contribution in [3.63, 3.8) is 0 Å². The van der Waals surface area contributed by atoms with Crippen molar-refractivity contribution in [3.05, 3.63) is 28.9 Å². The molecule has 2 heterocycles. The second kappa shape index (κ2) is 5.85. The highest BCUT2D eigenvalue weighted by Gasteiger charge is 2.17. The van der Waals surface area contributed by atoms with Crippen LogP contribution in [0.5, 0.6) is 17.4 Å². The van der Waals surface area contributed by atoms with Crippen LogP contribution in [0.2, 0.25) is 5.02 Å². The summed E-state index contributed by atoms with van der Waals surface area (Å²) in [7, 11) is 3.00. The third-order valence-electron chi connectivity index (χ3n) is 3.36. The Morgan fingerprint density at radius 2 is 1.91 bits per heavy atom. The number of aryl methyl sites for hydroxylation is 1. The van der Waals surface area contributed by atoms with Crippen LogP contribution in [0.4, 0.5) is 11.6 Å². The third-order valence-corrected chi connectivity index (χ3v) is 3.73. The van der Waals surface area contributed by atoms with Crippen molar-refractivity contribution >= 4 is 34.0 Å². The minimum Gasteiger partial charge on any atom is -0.493 e. The third kappa shape index (κ3) is 2.70. The van der Waals surface area contributed by atoms with E-state index in [4.69, 9.17) is 21.1 Å². The predicted octanol–water partition coefficient (Wildman–Crippen LogP) is 3.39. The fourth-order valence-electron chi connectivity index (χ4n) is 2.31. The van der Waals surface area contributed by atoms with Crippen molar-refractivity contribution in [2.24, 2.45) is 0 Å². The van der Waals surface area contributed by atoms with Crippen LogP contribution < -0.4 is 14.8 Å². The molecule has 0 fully saturated rings. The average molecular weight is 335 g/mol. The van der Waals surface area contributed by atoms with Crippen LogP contribution in [-0.2, 0) is 0 Å². The lowest BCUT2D eigenvalue weighted by molar-refractivity contribution is 0.356. The zero-order valence-corrected chi connectivity index (χ0v) is 13.5. The van der Waals surface area contributed by atoms with Gasteiger partial charge in [0.2, 0.25) is 5.88 Å². The number of H-pyrrole nitrogens is 1. The van der Waals surface area contributed by atoms with E-state index in [0.717, 1.165) is 5.69 Å². The van der Waals surface area contributed by atoms with E-state index >= 15 is 0 Å². The summed E-state index contributed by atoms with van der Waals surface area (Å²) in [6, 6.07) is 5.16. The van der Waals surface area contributed by atoms with Crippen LogP contribution >= 0.6 is 11.6 Å². The number of halogens is 1. The van der Waals surface area contributed by atoms with Gasteiger partial charge in [-0.15, -0.1) is 0 Å². The molecule has 0 aliphatic heterocycles. The van der Waals surface area contributed by atoms with Crippen molar-refractivity contribution in [3.8, 4) is 17.4 Å². The molecule has 23 heavy (non-hydrogen) atoms. The Balaban J connectivity index is 2.14. The number of aromatic hydroxyl groups is 1. The van der Waals surface area contributed by atoms with Gasteiger partial charge in [0.25, 0.3) is 0 Å². The summed E-state index contributed by atoms with van der Waals surface area (Å²) in [6.07, 6.45) is 0. The molecule has 120 valence electrons. The van der Waals surface area contributed by atoms with Crippen molar-refractivity contribution in [2.75, 3.05) is 19.5 Å². The number of methoxy groups -OCH3 is 2. The molecule has 0 aliphatic carbocycles. The number of nitrogens with one attached hydrogen (secondary N) is 2. The fraction of sp³-hybridized carbons (Fsp3) is 0.200. The van der Waals surface area contributed by atoms with Crippen LogP contribution in [0.1, 0.15) is 5.69 Å². The lowest BCUT2D eigenvalue weighted by atomic mass is 10.1. The molecule has 0 bridgehead atoms. The highest BCUT2D eigenvalue weighted by molar-refractivity contribution is 6.37. The van der Waals surface area contributed by atoms with Gasteiger partial charge >= 0.3 is 0 Å². The van der Waals surface area contributed by atoms with Gasteiger partial charge in [0.15, 0.2) is 17.3 Å². The number of aromatic amines is 1. The number of aromatic nitrogens is 3. The van der Waals surface area contributed by atoms with Gasteiger partial charge in [0, 0.05) is 22.5 Å². The second-order valence-electron chi connectivity index (χ2n) is 4.91. The standard InChI is InChI=1S/C15H15ClN4O3/c1-7-4-12(20-19-7)17-11-6-8-9(15(21)18-11)5-10(22-2)14(23-3)13(8)16/h4-6H,1-3H3,(H3,17,18,19,20,21). The van der Waals surface area contributed by atoms with Gasteiger partial charge in [-0.2, -0.15) is 10.1 Å². The molecule has 0 radical (unpaired) electrons. The van der Waals surface area contributed by atoms with Crippen LogP contribution in [0.15, 0.2) is 18.2 Å². The summed E-state index contributed by atoms with van der Waals surface area (Å²) in [5.41, 5.74) is 0.905. The number of hydrogen-bond acceptors (Lipinski definition) is 6. The molecule has 1 aromatic carbocycles. The Labute approximate surface area is 137 Å². The fourth-order valence-corrected chi connectivity index (χ4v) is 2.64. The van der Waals surface area contributed by atoms with E-state index in [2.05, 4.69) is 20.5 Å². The van der Waals surface area contributed by atoms with Crippen molar-refractivity contribution < 1.29 is 14.6 Å². The number of hydrogen-bond donors (Lipinski definition) is 3. The molecule has 0 saturated carbocycles. The van der Waals surface area contributed by atoms with E-state index < -0.39 is 0 Å². The summed E-state index contributed by atoms with van der Waals surface area (Å²) in [6.45, 7) is 1.89. The minimum atomic E-state index is -0.167. The summed E-state index contributed by atoms with van der Waals surface area (Å²) < 4.78 is 10.5. The molecule has 3 aromatic rings. The minimum absolute atomic E-state index is 0.167. The van der Waals surface area contributed by atoms with Crippen LogP contribution in [-0.4, -0.2) is 34.5 Å². The molecule has 3 N–H and O–H groups in total. The summed E-state index contributed by atoms with van der Waals surface area (Å²) in [4.78, 5) is 4.11. The average Bonchev–Trinajstić information content (AvgIpc) is 2.93. The SMILES string of the molecule is COc1cc2c(O)nc(Nc3cc(C)[nH]n3)cc2c(Cl)c1OC. The second-order valence-corrected chi connectivity index (χ2v) is 5.29. The first-order valence-electron chi connectivity index (χ1n) is 6.76. The van der Waals surface area contributed by atoms with Crippen LogP contribution in [0.25, 0.3) is 10.8 Å². The number of anilines is 2. The van der Waals surface area contributed by atoms with Gasteiger partial charge in [-0.3, -0.25) is 5.10 Å². The highest BCUT2D eigenvalue weighted by atomic mass is 35.5. The maximum atomic E-state index is 10.2. The first-order valence-corrected chi connectivity index (χ1v) is 7.14. The number of nitrogens with zero attached hydrogens (tertiary/aromatic N) is 2. The molecule has 0 atom stereocenters. The van der Waals surface area contributed by atoms with E-state index in [1.54, 1.807) is 12.1 Å². The van der Waals surface area contributed by atoms with Crippen LogP contribution in [0.3, 0.4) is 0 Å². The normalized spacial score (nSPS) is 10.8. The molecule has 0 aliphatic rings. The first kappa shape index (κ1) is 15.2. The number of rotatable bonds is 4. The van der Waals surface area contributed by atoms with Gasteiger partial charge in [-0.05, 0) is 19.1 Å². The van der Waals surface area contributed by atoms with Gasteiger partial charge < -0.3 is 19.9 Å². The molecule has 0 saturated heterocycles. The molecular weight excluding hydrogens is 320 g/mol. The van der Waals surface area contributed by atoms with Gasteiger partial charge in [-0.25, -0.2) is 0 Å². The lowest BCUT2D eigenvalue weighted by Gasteiger charge is -2.13. The number of benzene rings is 1. The zero-order chi connectivity index (χ0) is 16.6. The van der Waals surface area contributed by atoms with Gasteiger partial charge in [0.1, 0.15) is 5.82 Å². The predicted molar refractivity (Wildman–Crippen MR) is 88.1 cm³/mol. The van der Waals surface area contributed by atoms with E-state index in [1.165, 1.54) is 14.2 Å². The highest BCUT2D eigenvalue weighted by Crippen LogP contribution is 2.43. The largest absolute Gasteiger partial charge is 0.493 e. The molecule has 0 unspecified atom stereocenters. The smallest absolute Gasteiger partial charge is 0.221 e. The lowest BCUT2D eigenvalue weighted by Crippen LogP contribution is -1.97. The molecular formula is C15H15ClN4O3. The maximum absolute atomic E-state index is 10.2. The Bertz CT molecular complexity index is 879. The van der Waals surface area contributed by atoms with Gasteiger partial charge in [0.05, 0.1) is 19.2 Å². The molecule has 8 heteroatoms. The van der Waals surface area contributed by atoms with Crippen molar-refractivity contribution in [2.45, 2.75) is 6.92 Å². The molecule has 0 spiro atoms. The van der Waals surface area contributed by atoms with Gasteiger partial charge in [-0.1, -0.05) is 11.6 Å². The molecule has 7 nitrogen and oxygen atoms in total. The van der Waals surface area contributed by atoms with Crippen molar-refractivity contribution in [1.82, 2.24) is 15.2 Å².